The summed E-state index contributed by atoms with van der Waals surface area (Å²) < 4.78 is 5.58. The first-order valence-corrected chi connectivity index (χ1v) is 16.8. The van der Waals surface area contributed by atoms with Gasteiger partial charge in [-0.2, -0.15) is 0 Å². The van der Waals surface area contributed by atoms with E-state index in [9.17, 15) is 19.2 Å². The van der Waals surface area contributed by atoms with Crippen molar-refractivity contribution in [3.8, 4) is 22.4 Å². The van der Waals surface area contributed by atoms with Crippen LogP contribution in [0.1, 0.15) is 32.7 Å². The van der Waals surface area contributed by atoms with Crippen molar-refractivity contribution in [1.82, 2.24) is 4.98 Å². The minimum Gasteiger partial charge on any atom is -0.454 e. The fourth-order valence-electron chi connectivity index (χ4n) is 8.47. The molecule has 2 saturated carbocycles. The second-order valence-corrected chi connectivity index (χ2v) is 13.7. The summed E-state index contributed by atoms with van der Waals surface area (Å²) in [6.07, 6.45) is 5.47. The summed E-state index contributed by atoms with van der Waals surface area (Å²) in [5.74, 6) is -0.217. The molecule has 3 fully saturated rings. The number of allylic oxidation sites excluding steroid dienone is 2. The highest BCUT2D eigenvalue weighted by atomic mass is 16.5. The van der Waals surface area contributed by atoms with Crippen molar-refractivity contribution in [2.45, 2.75) is 13.3 Å². The van der Waals surface area contributed by atoms with Gasteiger partial charge in [-0.25, -0.2) is 9.78 Å². The summed E-state index contributed by atoms with van der Waals surface area (Å²) in [6.45, 7) is 1.53. The second-order valence-electron chi connectivity index (χ2n) is 13.7. The number of hydrogen-bond acceptors (Lipinski definition) is 6. The smallest absolute Gasteiger partial charge is 0.339 e. The van der Waals surface area contributed by atoms with Crippen molar-refractivity contribution in [3.05, 3.63) is 132 Å². The van der Waals surface area contributed by atoms with Gasteiger partial charge in [-0.1, -0.05) is 97.1 Å². The topological polar surface area (TPSA) is 93.6 Å². The van der Waals surface area contributed by atoms with Crippen molar-refractivity contribution < 1.29 is 23.9 Å². The van der Waals surface area contributed by atoms with Crippen LogP contribution >= 0.6 is 0 Å². The number of carbonyl (C=O) groups excluding carboxylic acids is 4. The third kappa shape index (κ3) is 4.75. The number of rotatable bonds is 7. The molecule has 5 aliphatic rings. The number of amides is 2. The average Bonchev–Trinajstić information content (AvgIpc) is 3.93. The predicted octanol–water partition coefficient (Wildman–Crippen LogP) is 7.47. The van der Waals surface area contributed by atoms with Crippen LogP contribution in [0.3, 0.4) is 0 Å². The van der Waals surface area contributed by atoms with Gasteiger partial charge in [-0.3, -0.25) is 19.3 Å². The molecular formula is C42H32N2O5. The summed E-state index contributed by atoms with van der Waals surface area (Å²) in [4.78, 5) is 60.1. The number of ether oxygens (including phenoxy) is 1. The molecule has 240 valence electrons. The number of nitrogens with zero attached hydrogens (tertiary/aromatic N) is 2. The molecule has 6 unspecified atom stereocenters. The van der Waals surface area contributed by atoms with Crippen LogP contribution in [0, 0.1) is 42.4 Å². The van der Waals surface area contributed by atoms with Crippen LogP contribution in [0.2, 0.25) is 0 Å². The SMILES string of the molecule is Cc1cccc2c(C(=O)OCC(=O)c3ccc(-c4ccccc4)cc3)cc(-c3ccc(N4C(=O)C5C6C=CC(C7CC67)C5C4=O)cc3)nc12. The van der Waals surface area contributed by atoms with Crippen molar-refractivity contribution in [3.63, 3.8) is 0 Å². The van der Waals surface area contributed by atoms with Gasteiger partial charge in [0.1, 0.15) is 0 Å². The van der Waals surface area contributed by atoms with Gasteiger partial charge in [0.15, 0.2) is 12.4 Å². The Labute approximate surface area is 283 Å². The zero-order valence-corrected chi connectivity index (χ0v) is 26.8. The van der Waals surface area contributed by atoms with E-state index < -0.39 is 12.6 Å². The molecule has 1 aromatic heterocycles. The maximum absolute atomic E-state index is 13.6. The van der Waals surface area contributed by atoms with Crippen molar-refractivity contribution in [2.24, 2.45) is 35.5 Å². The highest BCUT2D eigenvalue weighted by Gasteiger charge is 2.67. The summed E-state index contributed by atoms with van der Waals surface area (Å²) in [6, 6.07) is 31.6. The van der Waals surface area contributed by atoms with Crippen molar-refractivity contribution >= 4 is 40.2 Å². The highest BCUT2D eigenvalue weighted by molar-refractivity contribution is 6.22. The molecule has 4 aromatic carbocycles. The molecule has 2 heterocycles. The van der Waals surface area contributed by atoms with Crippen LogP contribution in [0.25, 0.3) is 33.3 Å². The van der Waals surface area contributed by atoms with Gasteiger partial charge in [-0.05, 0) is 71.9 Å². The van der Waals surface area contributed by atoms with Crippen LogP contribution < -0.4 is 4.90 Å². The quantitative estimate of drug-likeness (QED) is 0.0790. The van der Waals surface area contributed by atoms with E-state index in [0.29, 0.717) is 45.2 Å². The number of benzene rings is 4. The molecule has 49 heavy (non-hydrogen) atoms. The molecule has 1 aliphatic heterocycles. The zero-order chi connectivity index (χ0) is 33.4. The number of para-hydroxylation sites is 1. The van der Waals surface area contributed by atoms with Gasteiger partial charge in [-0.15, -0.1) is 0 Å². The lowest BCUT2D eigenvalue weighted by Gasteiger charge is -2.37. The molecule has 1 saturated heterocycles. The lowest BCUT2D eigenvalue weighted by molar-refractivity contribution is -0.124. The first kappa shape index (κ1) is 29.4. The maximum atomic E-state index is 13.6. The van der Waals surface area contributed by atoms with Crippen LogP contribution in [-0.4, -0.2) is 35.2 Å². The number of ketones is 1. The number of anilines is 1. The van der Waals surface area contributed by atoms with Crippen LogP contribution in [-0.2, 0) is 14.3 Å². The van der Waals surface area contributed by atoms with Crippen LogP contribution in [0.15, 0.2) is 115 Å². The molecule has 10 rings (SSSR count). The molecule has 4 aliphatic carbocycles. The molecule has 6 atom stereocenters. The van der Waals surface area contributed by atoms with E-state index in [2.05, 4.69) is 12.2 Å². The largest absolute Gasteiger partial charge is 0.454 e. The minimum atomic E-state index is -0.623. The molecule has 7 heteroatoms. The number of pyridine rings is 1. The predicted molar refractivity (Wildman–Crippen MR) is 186 cm³/mol. The first-order valence-electron chi connectivity index (χ1n) is 16.8. The Morgan fingerprint density at radius 2 is 1.39 bits per heavy atom. The Morgan fingerprint density at radius 1 is 0.755 bits per heavy atom. The Balaban J connectivity index is 0.958. The summed E-state index contributed by atoms with van der Waals surface area (Å²) in [7, 11) is 0. The first-order chi connectivity index (χ1) is 23.9. The maximum Gasteiger partial charge on any atom is 0.339 e. The summed E-state index contributed by atoms with van der Waals surface area (Å²) >= 11 is 0. The lowest BCUT2D eigenvalue weighted by atomic mass is 9.63. The molecule has 0 radical (unpaired) electrons. The third-order valence-electron chi connectivity index (χ3n) is 11.0. The fourth-order valence-corrected chi connectivity index (χ4v) is 8.47. The van der Waals surface area contributed by atoms with E-state index in [1.807, 2.05) is 79.7 Å². The lowest BCUT2D eigenvalue weighted by Crippen LogP contribution is -2.40. The monoisotopic (exact) mass is 644 g/mol. The Hall–Kier alpha value is -5.69. The number of fused-ring (bicyclic) bond motifs is 1. The van der Waals surface area contributed by atoms with Gasteiger partial charge < -0.3 is 4.74 Å². The molecule has 7 nitrogen and oxygen atoms in total. The van der Waals surface area contributed by atoms with E-state index >= 15 is 0 Å². The van der Waals surface area contributed by atoms with E-state index in [4.69, 9.17) is 9.72 Å². The van der Waals surface area contributed by atoms with Crippen LogP contribution in [0.5, 0.6) is 0 Å². The average molecular weight is 645 g/mol. The number of aromatic nitrogens is 1. The number of imide groups is 1. The molecule has 2 amide bonds. The Kier molecular flexibility index (Phi) is 6.73. The Morgan fingerprint density at radius 3 is 2.06 bits per heavy atom. The summed E-state index contributed by atoms with van der Waals surface area (Å²) in [5.41, 5.74) is 6.14. The number of aryl methyl sites for hydroxylation is 1. The van der Waals surface area contributed by atoms with E-state index in [1.165, 1.54) is 4.90 Å². The molecule has 0 N–H and O–H groups in total. The van der Waals surface area contributed by atoms with Gasteiger partial charge in [0, 0.05) is 16.5 Å². The van der Waals surface area contributed by atoms with E-state index in [0.717, 1.165) is 28.7 Å². The number of carbonyl (C=O) groups is 4. The third-order valence-corrected chi connectivity index (χ3v) is 11.0. The van der Waals surface area contributed by atoms with Crippen molar-refractivity contribution in [2.75, 3.05) is 11.5 Å². The van der Waals surface area contributed by atoms with E-state index in [-0.39, 0.29) is 41.3 Å². The van der Waals surface area contributed by atoms with E-state index in [1.54, 1.807) is 30.3 Å². The highest BCUT2D eigenvalue weighted by Crippen LogP contribution is 2.65. The van der Waals surface area contributed by atoms with Crippen molar-refractivity contribution in [1.29, 1.82) is 0 Å². The summed E-state index contributed by atoms with van der Waals surface area (Å²) in [5, 5.41) is 0.627. The van der Waals surface area contributed by atoms with Gasteiger partial charge in [0.2, 0.25) is 11.8 Å². The number of esters is 1. The second kappa shape index (κ2) is 11.2. The van der Waals surface area contributed by atoms with Gasteiger partial charge in [0.05, 0.1) is 34.3 Å². The Bertz CT molecular complexity index is 2190. The number of hydrogen-bond donors (Lipinski definition) is 0. The van der Waals surface area contributed by atoms with Crippen LogP contribution in [0.4, 0.5) is 5.69 Å². The van der Waals surface area contributed by atoms with Gasteiger partial charge >= 0.3 is 5.97 Å². The fraction of sp³-hybridized carbons (Fsp3) is 0.214. The molecule has 2 bridgehead atoms. The number of Topliss-reactive ketones (excluding diaryl/α,β-unsaturated/α-hetero) is 1. The molecular weight excluding hydrogens is 612 g/mol. The normalized spacial score (nSPS) is 24.6. The minimum absolute atomic E-state index is 0.0985. The zero-order valence-electron chi connectivity index (χ0n) is 26.8. The molecule has 5 aromatic rings. The van der Waals surface area contributed by atoms with Gasteiger partial charge in [0.25, 0.3) is 0 Å². The standard InChI is InChI=1S/C42H32N2O5/c1-23-6-5-9-31-34(42(48)49-22-36(45)27-12-10-25(11-13-27)24-7-3-2-4-8-24)21-35(43-39(23)31)26-14-16-28(17-15-26)44-40(46)37-29-18-19-30(33-20-32(29)33)38(37)41(44)47/h2-19,21,29-30,32-33,37-38H,20,22H2,1H3. The molecule has 0 spiro atoms.